The lowest BCUT2D eigenvalue weighted by molar-refractivity contribution is 0.411. The fraction of sp³-hybridized carbons (Fsp3) is 0.0909. The highest BCUT2D eigenvalue weighted by atomic mass is 35.5. The van der Waals surface area contributed by atoms with Gasteiger partial charge >= 0.3 is 0 Å². The topological polar surface area (TPSA) is 81.2 Å². The first kappa shape index (κ1) is 13.6. The van der Waals surface area contributed by atoms with Crippen molar-refractivity contribution in [1.29, 1.82) is 0 Å². The van der Waals surface area contributed by atoms with E-state index in [9.17, 15) is 8.42 Å². The fourth-order valence-electron chi connectivity index (χ4n) is 1.27. The third kappa shape index (κ3) is 3.33. The van der Waals surface area contributed by atoms with E-state index < -0.39 is 10.0 Å². The van der Waals surface area contributed by atoms with Crippen LogP contribution in [-0.2, 0) is 10.0 Å². The molecule has 1 heterocycles. The van der Waals surface area contributed by atoms with Crippen molar-refractivity contribution in [3.63, 3.8) is 0 Å². The van der Waals surface area contributed by atoms with Gasteiger partial charge in [-0.05, 0) is 24.3 Å². The standard InChI is InChI=1S/C11H10ClN3O3S/c1-18-9-6-13-11(14-7-9)15-19(16,17)10-4-2-8(12)3-5-10/h2-7H,1H3,(H,13,14,15). The lowest BCUT2D eigenvalue weighted by Crippen LogP contribution is -2.14. The van der Waals surface area contributed by atoms with E-state index in [1.54, 1.807) is 0 Å². The minimum absolute atomic E-state index is 0.0317. The van der Waals surface area contributed by atoms with Crippen molar-refractivity contribution in [2.45, 2.75) is 4.90 Å². The average Bonchev–Trinajstić information content (AvgIpc) is 2.40. The van der Waals surface area contributed by atoms with Crippen LogP contribution in [0.25, 0.3) is 0 Å². The maximum atomic E-state index is 12.0. The molecule has 2 rings (SSSR count). The van der Waals surface area contributed by atoms with Gasteiger partial charge in [-0.25, -0.2) is 23.1 Å². The Morgan fingerprint density at radius 2 is 1.74 bits per heavy atom. The number of halogens is 1. The molecule has 0 spiro atoms. The predicted octanol–water partition coefficient (Wildman–Crippen LogP) is 1.94. The molecule has 2 aromatic rings. The SMILES string of the molecule is COc1cnc(NS(=O)(=O)c2ccc(Cl)cc2)nc1. The maximum absolute atomic E-state index is 12.0. The zero-order valence-corrected chi connectivity index (χ0v) is 11.4. The van der Waals surface area contributed by atoms with Crippen LogP contribution in [0, 0.1) is 0 Å². The van der Waals surface area contributed by atoms with Crippen molar-refractivity contribution in [2.24, 2.45) is 0 Å². The molecule has 0 saturated carbocycles. The molecular formula is C11H10ClN3O3S. The quantitative estimate of drug-likeness (QED) is 0.933. The molecule has 0 saturated heterocycles. The van der Waals surface area contributed by atoms with E-state index in [1.165, 1.54) is 43.8 Å². The summed E-state index contributed by atoms with van der Waals surface area (Å²) < 4.78 is 31.1. The van der Waals surface area contributed by atoms with Crippen molar-refractivity contribution in [3.8, 4) is 5.75 Å². The zero-order valence-electron chi connectivity index (χ0n) is 9.87. The Morgan fingerprint density at radius 1 is 1.16 bits per heavy atom. The molecule has 19 heavy (non-hydrogen) atoms. The van der Waals surface area contributed by atoms with E-state index in [1.807, 2.05) is 0 Å². The number of benzene rings is 1. The largest absolute Gasteiger partial charge is 0.494 e. The maximum Gasteiger partial charge on any atom is 0.264 e. The molecule has 0 aliphatic rings. The first-order chi connectivity index (χ1) is 9.01. The average molecular weight is 300 g/mol. The third-order valence-electron chi connectivity index (χ3n) is 2.21. The highest BCUT2D eigenvalue weighted by Gasteiger charge is 2.15. The molecule has 8 heteroatoms. The molecule has 0 unspecified atom stereocenters. The Labute approximate surface area is 115 Å². The Hall–Kier alpha value is -1.86. The van der Waals surface area contributed by atoms with Gasteiger partial charge in [0, 0.05) is 5.02 Å². The second-order valence-electron chi connectivity index (χ2n) is 3.51. The van der Waals surface area contributed by atoms with Crippen LogP contribution in [0.15, 0.2) is 41.6 Å². The number of hydrogen-bond acceptors (Lipinski definition) is 5. The number of anilines is 1. The Bertz CT molecular complexity index is 657. The first-order valence-electron chi connectivity index (χ1n) is 5.16. The van der Waals surface area contributed by atoms with Crippen LogP contribution in [0.5, 0.6) is 5.75 Å². The Balaban J connectivity index is 2.23. The predicted molar refractivity (Wildman–Crippen MR) is 70.8 cm³/mol. The number of nitrogens with one attached hydrogen (secondary N) is 1. The van der Waals surface area contributed by atoms with Gasteiger partial charge in [-0.1, -0.05) is 11.6 Å². The number of aromatic nitrogens is 2. The van der Waals surface area contributed by atoms with Crippen molar-refractivity contribution in [3.05, 3.63) is 41.7 Å². The van der Waals surface area contributed by atoms with Gasteiger partial charge in [0.25, 0.3) is 10.0 Å². The molecule has 1 aromatic heterocycles. The van der Waals surface area contributed by atoms with Gasteiger partial charge in [-0.3, -0.25) is 0 Å². The first-order valence-corrected chi connectivity index (χ1v) is 7.02. The summed E-state index contributed by atoms with van der Waals surface area (Å²) in [5.74, 6) is 0.408. The summed E-state index contributed by atoms with van der Waals surface area (Å²) in [6.45, 7) is 0. The Kier molecular flexibility index (Phi) is 3.87. The molecule has 100 valence electrons. The number of nitrogens with zero attached hydrogens (tertiary/aromatic N) is 2. The second kappa shape index (κ2) is 5.41. The highest BCUT2D eigenvalue weighted by molar-refractivity contribution is 7.92. The second-order valence-corrected chi connectivity index (χ2v) is 5.62. The van der Waals surface area contributed by atoms with Crippen LogP contribution in [0.2, 0.25) is 5.02 Å². The molecule has 1 N–H and O–H groups in total. The number of methoxy groups -OCH3 is 1. The molecule has 6 nitrogen and oxygen atoms in total. The van der Waals surface area contributed by atoms with Crippen LogP contribution in [0.4, 0.5) is 5.95 Å². The number of rotatable bonds is 4. The molecule has 0 amide bonds. The molecular weight excluding hydrogens is 290 g/mol. The number of ether oxygens (including phenoxy) is 1. The lowest BCUT2D eigenvalue weighted by Gasteiger charge is -2.06. The summed E-state index contributed by atoms with van der Waals surface area (Å²) in [5.41, 5.74) is 0. The van der Waals surface area contributed by atoms with Gasteiger partial charge in [0.2, 0.25) is 5.95 Å². The molecule has 0 radical (unpaired) electrons. The summed E-state index contributed by atoms with van der Waals surface area (Å²) >= 11 is 5.70. The molecule has 0 aliphatic heterocycles. The summed E-state index contributed by atoms with van der Waals surface area (Å²) in [6.07, 6.45) is 2.74. The summed E-state index contributed by atoms with van der Waals surface area (Å²) in [5, 5.41) is 0.458. The van der Waals surface area contributed by atoms with Crippen LogP contribution < -0.4 is 9.46 Å². The van der Waals surface area contributed by atoms with E-state index in [2.05, 4.69) is 14.7 Å². The van der Waals surface area contributed by atoms with E-state index in [0.29, 0.717) is 10.8 Å². The van der Waals surface area contributed by atoms with E-state index in [0.717, 1.165) is 0 Å². The zero-order chi connectivity index (χ0) is 13.9. The van der Waals surface area contributed by atoms with Gasteiger partial charge in [0.05, 0.1) is 24.4 Å². The molecule has 0 fully saturated rings. The van der Waals surface area contributed by atoms with Crippen molar-refractivity contribution in [1.82, 2.24) is 9.97 Å². The van der Waals surface area contributed by atoms with Crippen LogP contribution in [-0.4, -0.2) is 25.5 Å². The van der Waals surface area contributed by atoms with E-state index >= 15 is 0 Å². The highest BCUT2D eigenvalue weighted by Crippen LogP contribution is 2.16. The summed E-state index contributed by atoms with van der Waals surface area (Å²) in [4.78, 5) is 7.73. The number of sulfonamides is 1. The van der Waals surface area contributed by atoms with E-state index in [4.69, 9.17) is 16.3 Å². The summed E-state index contributed by atoms with van der Waals surface area (Å²) in [7, 11) is -2.26. The van der Waals surface area contributed by atoms with Crippen LogP contribution in [0.3, 0.4) is 0 Å². The van der Waals surface area contributed by atoms with Crippen LogP contribution >= 0.6 is 11.6 Å². The van der Waals surface area contributed by atoms with Crippen molar-refractivity contribution in [2.75, 3.05) is 11.8 Å². The van der Waals surface area contributed by atoms with Gasteiger partial charge in [0.15, 0.2) is 5.75 Å². The van der Waals surface area contributed by atoms with Crippen molar-refractivity contribution < 1.29 is 13.2 Å². The normalized spacial score (nSPS) is 11.1. The Morgan fingerprint density at radius 3 is 2.26 bits per heavy atom. The van der Waals surface area contributed by atoms with Gasteiger partial charge in [-0.15, -0.1) is 0 Å². The molecule has 1 aromatic carbocycles. The van der Waals surface area contributed by atoms with Crippen molar-refractivity contribution >= 4 is 27.6 Å². The van der Waals surface area contributed by atoms with Crippen LogP contribution in [0.1, 0.15) is 0 Å². The minimum atomic E-state index is -3.72. The minimum Gasteiger partial charge on any atom is -0.494 e. The van der Waals surface area contributed by atoms with Gasteiger partial charge in [0.1, 0.15) is 0 Å². The number of hydrogen-bond donors (Lipinski definition) is 1. The monoisotopic (exact) mass is 299 g/mol. The van der Waals surface area contributed by atoms with E-state index in [-0.39, 0.29) is 10.8 Å². The van der Waals surface area contributed by atoms with Gasteiger partial charge in [-0.2, -0.15) is 0 Å². The third-order valence-corrected chi connectivity index (χ3v) is 3.81. The fourth-order valence-corrected chi connectivity index (χ4v) is 2.35. The molecule has 0 bridgehead atoms. The van der Waals surface area contributed by atoms with Gasteiger partial charge < -0.3 is 4.74 Å². The summed E-state index contributed by atoms with van der Waals surface area (Å²) in [6, 6.07) is 5.78. The molecule has 0 atom stereocenters. The smallest absolute Gasteiger partial charge is 0.264 e. The molecule has 0 aliphatic carbocycles. The lowest BCUT2D eigenvalue weighted by atomic mass is 10.4.